The molecule has 0 radical (unpaired) electrons. The third-order valence-corrected chi connectivity index (χ3v) is 4.90. The molecule has 1 N–H and O–H groups in total. The summed E-state index contributed by atoms with van der Waals surface area (Å²) in [7, 11) is 2.08. The van der Waals surface area contributed by atoms with Crippen LogP contribution in [-0.2, 0) is 0 Å². The molecule has 1 saturated heterocycles. The summed E-state index contributed by atoms with van der Waals surface area (Å²) in [5, 5.41) is 24.6. The highest BCUT2D eigenvalue weighted by molar-refractivity contribution is 6.33. The van der Waals surface area contributed by atoms with Gasteiger partial charge in [0, 0.05) is 44.4 Å². The molecule has 2 heterocycles. The molecule has 0 amide bonds. The van der Waals surface area contributed by atoms with Crippen LogP contribution in [0.1, 0.15) is 11.8 Å². The second-order valence-corrected chi connectivity index (χ2v) is 6.79. The van der Waals surface area contributed by atoms with Crippen LogP contribution in [0.15, 0.2) is 34.9 Å². The summed E-state index contributed by atoms with van der Waals surface area (Å²) in [4.78, 5) is 4.45. The van der Waals surface area contributed by atoms with Crippen LogP contribution in [0.5, 0.6) is 0 Å². The van der Waals surface area contributed by atoms with Crippen molar-refractivity contribution in [2.45, 2.75) is 6.10 Å². The molecule has 25 heavy (non-hydrogen) atoms. The lowest BCUT2D eigenvalue weighted by Crippen LogP contribution is -2.46. The van der Waals surface area contributed by atoms with Crippen molar-refractivity contribution >= 4 is 11.6 Å². The Labute approximate surface area is 152 Å². The predicted molar refractivity (Wildman–Crippen MR) is 94.9 cm³/mol. The average molecular weight is 361 g/mol. The zero-order valence-corrected chi connectivity index (χ0v) is 14.9. The van der Waals surface area contributed by atoms with Gasteiger partial charge in [0.15, 0.2) is 5.76 Å². The molecule has 0 saturated carbocycles. The van der Waals surface area contributed by atoms with Crippen molar-refractivity contribution in [3.8, 4) is 17.4 Å². The first kappa shape index (κ1) is 17.9. The monoisotopic (exact) mass is 360 g/mol. The van der Waals surface area contributed by atoms with Crippen LogP contribution in [0.3, 0.4) is 0 Å². The molecule has 3 rings (SSSR count). The highest BCUT2D eigenvalue weighted by atomic mass is 35.5. The maximum absolute atomic E-state index is 10.6. The van der Waals surface area contributed by atoms with Gasteiger partial charge < -0.3 is 14.5 Å². The van der Waals surface area contributed by atoms with Crippen LogP contribution in [-0.4, -0.2) is 59.8 Å². The van der Waals surface area contributed by atoms with E-state index in [4.69, 9.17) is 16.1 Å². The van der Waals surface area contributed by atoms with Crippen LogP contribution in [0, 0.1) is 17.2 Å². The number of aliphatic hydroxyl groups excluding tert-OH is 1. The standard InChI is InChI=1S/C18H21ClN4O2/c1-22-6-8-23(9-7-22)12-13(11-20)18(24)16-10-17(25-21-16)14-4-2-3-5-15(14)19/h2-5,10,13,18,24H,6-9,12H2,1H3. The second-order valence-electron chi connectivity index (χ2n) is 6.38. The molecule has 2 atom stereocenters. The number of nitriles is 1. The van der Waals surface area contributed by atoms with Gasteiger partial charge in [-0.2, -0.15) is 5.26 Å². The lowest BCUT2D eigenvalue weighted by molar-refractivity contribution is 0.0801. The Kier molecular flexibility index (Phi) is 5.71. The van der Waals surface area contributed by atoms with E-state index < -0.39 is 12.0 Å². The van der Waals surface area contributed by atoms with E-state index in [-0.39, 0.29) is 0 Å². The average Bonchev–Trinajstić information content (AvgIpc) is 3.11. The summed E-state index contributed by atoms with van der Waals surface area (Å²) in [5.41, 5.74) is 1.07. The lowest BCUT2D eigenvalue weighted by Gasteiger charge is -2.33. The molecule has 6 nitrogen and oxygen atoms in total. The van der Waals surface area contributed by atoms with Crippen molar-refractivity contribution in [2.24, 2.45) is 5.92 Å². The highest BCUT2D eigenvalue weighted by Crippen LogP contribution is 2.31. The number of hydrogen-bond donors (Lipinski definition) is 1. The Morgan fingerprint density at radius 1 is 1.32 bits per heavy atom. The number of rotatable bonds is 5. The zero-order chi connectivity index (χ0) is 17.8. The van der Waals surface area contributed by atoms with E-state index in [0.717, 1.165) is 26.2 Å². The fourth-order valence-corrected chi connectivity index (χ4v) is 3.17. The number of nitrogens with zero attached hydrogens (tertiary/aromatic N) is 4. The van der Waals surface area contributed by atoms with Crippen LogP contribution in [0.25, 0.3) is 11.3 Å². The number of benzene rings is 1. The Hall–Kier alpha value is -1.91. The molecule has 1 aliphatic rings. The Morgan fingerprint density at radius 3 is 2.72 bits per heavy atom. The van der Waals surface area contributed by atoms with Gasteiger partial charge in [0.1, 0.15) is 11.8 Å². The molecule has 1 fully saturated rings. The fraction of sp³-hybridized carbons (Fsp3) is 0.444. The van der Waals surface area contributed by atoms with Gasteiger partial charge in [-0.1, -0.05) is 28.9 Å². The van der Waals surface area contributed by atoms with E-state index in [1.54, 1.807) is 12.1 Å². The van der Waals surface area contributed by atoms with Gasteiger partial charge in [0.05, 0.1) is 17.0 Å². The minimum atomic E-state index is -0.996. The van der Waals surface area contributed by atoms with Crippen molar-refractivity contribution in [2.75, 3.05) is 39.8 Å². The van der Waals surface area contributed by atoms with Gasteiger partial charge >= 0.3 is 0 Å². The first-order valence-electron chi connectivity index (χ1n) is 8.28. The Bertz CT molecular complexity index is 750. The van der Waals surface area contributed by atoms with E-state index in [1.807, 2.05) is 18.2 Å². The third-order valence-electron chi connectivity index (χ3n) is 4.57. The molecule has 1 aromatic carbocycles. The summed E-state index contributed by atoms with van der Waals surface area (Å²) in [6.45, 7) is 4.24. The van der Waals surface area contributed by atoms with E-state index in [2.05, 4.69) is 28.1 Å². The van der Waals surface area contributed by atoms with Gasteiger partial charge in [-0.05, 0) is 19.2 Å². The quantitative estimate of drug-likeness (QED) is 0.882. The summed E-state index contributed by atoms with van der Waals surface area (Å²) in [5.74, 6) is -0.0801. The van der Waals surface area contributed by atoms with Gasteiger partial charge in [-0.25, -0.2) is 0 Å². The van der Waals surface area contributed by atoms with Crippen molar-refractivity contribution in [1.82, 2.24) is 15.0 Å². The summed E-state index contributed by atoms with van der Waals surface area (Å²) < 4.78 is 5.33. The van der Waals surface area contributed by atoms with Crippen LogP contribution < -0.4 is 0 Å². The molecule has 2 unspecified atom stereocenters. The van der Waals surface area contributed by atoms with E-state index >= 15 is 0 Å². The van der Waals surface area contributed by atoms with Gasteiger partial charge in [-0.3, -0.25) is 4.90 Å². The maximum Gasteiger partial charge on any atom is 0.168 e. The summed E-state index contributed by atoms with van der Waals surface area (Å²) >= 11 is 6.16. The van der Waals surface area contributed by atoms with Crippen molar-refractivity contribution in [1.29, 1.82) is 5.26 Å². The van der Waals surface area contributed by atoms with Crippen molar-refractivity contribution in [3.05, 3.63) is 41.0 Å². The molecule has 0 spiro atoms. The smallest absolute Gasteiger partial charge is 0.168 e. The van der Waals surface area contributed by atoms with Gasteiger partial charge in [0.2, 0.25) is 0 Å². The molecular formula is C18H21ClN4O2. The first-order chi connectivity index (χ1) is 12.1. The molecule has 7 heteroatoms. The van der Waals surface area contributed by atoms with Crippen molar-refractivity contribution < 1.29 is 9.63 Å². The lowest BCUT2D eigenvalue weighted by atomic mass is 9.99. The van der Waals surface area contributed by atoms with E-state index in [0.29, 0.717) is 28.6 Å². The van der Waals surface area contributed by atoms with Crippen LogP contribution >= 0.6 is 11.6 Å². The molecular weight excluding hydrogens is 340 g/mol. The minimum absolute atomic E-state index is 0.357. The fourth-order valence-electron chi connectivity index (χ4n) is 2.94. The SMILES string of the molecule is CN1CCN(CC(C#N)C(O)c2cc(-c3ccccc3Cl)on2)CC1. The molecule has 0 bridgehead atoms. The predicted octanol–water partition coefficient (Wildman–Crippen LogP) is 2.42. The molecule has 1 aliphatic heterocycles. The number of hydrogen-bond acceptors (Lipinski definition) is 6. The van der Waals surface area contributed by atoms with Crippen molar-refractivity contribution in [3.63, 3.8) is 0 Å². The van der Waals surface area contributed by atoms with E-state index in [9.17, 15) is 10.4 Å². The van der Waals surface area contributed by atoms with Gasteiger partial charge in [-0.15, -0.1) is 0 Å². The summed E-state index contributed by atoms with van der Waals surface area (Å²) in [6, 6.07) is 11.1. The van der Waals surface area contributed by atoms with Crippen LogP contribution in [0.2, 0.25) is 5.02 Å². The number of aromatic nitrogens is 1. The minimum Gasteiger partial charge on any atom is -0.385 e. The van der Waals surface area contributed by atoms with Gasteiger partial charge in [0.25, 0.3) is 0 Å². The Morgan fingerprint density at radius 2 is 2.04 bits per heavy atom. The zero-order valence-electron chi connectivity index (χ0n) is 14.1. The molecule has 1 aromatic heterocycles. The number of halogens is 1. The molecule has 0 aliphatic carbocycles. The van der Waals surface area contributed by atoms with Crippen LogP contribution in [0.4, 0.5) is 0 Å². The number of aliphatic hydroxyl groups is 1. The molecule has 132 valence electrons. The molecule has 2 aromatic rings. The number of likely N-dealkylation sites (N-methyl/N-ethyl adjacent to an activating group) is 1. The number of piperazine rings is 1. The topological polar surface area (TPSA) is 76.5 Å². The maximum atomic E-state index is 10.6. The van der Waals surface area contributed by atoms with E-state index in [1.165, 1.54) is 0 Å². The second kappa shape index (κ2) is 7.98. The Balaban J connectivity index is 1.70. The largest absolute Gasteiger partial charge is 0.385 e. The normalized spacial score (nSPS) is 18.6. The third kappa shape index (κ3) is 4.20. The highest BCUT2D eigenvalue weighted by Gasteiger charge is 2.27. The summed E-state index contributed by atoms with van der Waals surface area (Å²) in [6.07, 6.45) is -0.996. The first-order valence-corrected chi connectivity index (χ1v) is 8.66.